The molecule has 2 rings (SSSR count). The van der Waals surface area contributed by atoms with Crippen LogP contribution in [-0.4, -0.2) is 11.1 Å². The average Bonchev–Trinajstić information content (AvgIpc) is 2.91. The van der Waals surface area contributed by atoms with Crippen LogP contribution in [0.15, 0.2) is 16.6 Å². The molecular formula is C12H12BrClO2. The first-order valence-electron chi connectivity index (χ1n) is 5.12. The molecule has 1 aliphatic rings. The van der Waals surface area contributed by atoms with Crippen molar-refractivity contribution >= 4 is 33.5 Å². The van der Waals surface area contributed by atoms with E-state index in [2.05, 4.69) is 15.9 Å². The fraction of sp³-hybridized carbons (Fsp3) is 0.417. The minimum atomic E-state index is -0.743. The van der Waals surface area contributed by atoms with E-state index in [1.54, 1.807) is 0 Å². The molecule has 1 N–H and O–H groups in total. The zero-order valence-corrected chi connectivity index (χ0v) is 11.2. The Kier molecular flexibility index (Phi) is 3.01. The fourth-order valence-electron chi connectivity index (χ4n) is 2.18. The van der Waals surface area contributed by atoms with Gasteiger partial charge in [0.1, 0.15) is 0 Å². The van der Waals surface area contributed by atoms with E-state index in [9.17, 15) is 4.79 Å². The molecule has 1 aromatic carbocycles. The first-order chi connectivity index (χ1) is 7.44. The molecule has 0 radical (unpaired) electrons. The summed E-state index contributed by atoms with van der Waals surface area (Å²) < 4.78 is 0.912. The lowest BCUT2D eigenvalue weighted by Gasteiger charge is -2.17. The Morgan fingerprint density at radius 1 is 1.56 bits per heavy atom. The van der Waals surface area contributed by atoms with Gasteiger partial charge in [0.25, 0.3) is 0 Å². The molecule has 0 atom stereocenters. The third-order valence-electron chi connectivity index (χ3n) is 3.22. The molecule has 1 aliphatic carbocycles. The van der Waals surface area contributed by atoms with Gasteiger partial charge in [-0.25, -0.2) is 0 Å². The van der Waals surface area contributed by atoms with Crippen molar-refractivity contribution in [3.63, 3.8) is 0 Å². The number of halogens is 2. The van der Waals surface area contributed by atoms with Gasteiger partial charge in [-0.2, -0.15) is 0 Å². The third kappa shape index (κ3) is 2.11. The van der Waals surface area contributed by atoms with Crippen LogP contribution in [0.2, 0.25) is 5.02 Å². The zero-order valence-electron chi connectivity index (χ0n) is 8.89. The maximum absolute atomic E-state index is 10.9. The number of carboxylic acid groups (broad SMARTS) is 1. The molecule has 0 saturated heterocycles. The summed E-state index contributed by atoms with van der Waals surface area (Å²) in [7, 11) is 0. The van der Waals surface area contributed by atoms with Gasteiger partial charge in [-0.05, 0) is 43.0 Å². The highest BCUT2D eigenvalue weighted by molar-refractivity contribution is 9.10. The highest BCUT2D eigenvalue weighted by Crippen LogP contribution is 2.53. The molecule has 0 amide bonds. The molecule has 1 fully saturated rings. The monoisotopic (exact) mass is 302 g/mol. The Morgan fingerprint density at radius 2 is 2.19 bits per heavy atom. The molecule has 0 aromatic heterocycles. The third-order valence-corrected chi connectivity index (χ3v) is 4.07. The van der Waals surface area contributed by atoms with E-state index in [0.29, 0.717) is 5.02 Å². The van der Waals surface area contributed by atoms with Gasteiger partial charge < -0.3 is 5.11 Å². The smallest absolute Gasteiger partial charge is 0.304 e. The molecule has 0 spiro atoms. The number of aliphatic carboxylic acids is 1. The summed E-state index contributed by atoms with van der Waals surface area (Å²) in [6.45, 7) is 1.95. The van der Waals surface area contributed by atoms with E-state index in [1.165, 1.54) is 0 Å². The van der Waals surface area contributed by atoms with Gasteiger partial charge in [0.2, 0.25) is 0 Å². The lowest BCUT2D eigenvalue weighted by Crippen LogP contribution is -2.14. The second-order valence-electron chi connectivity index (χ2n) is 4.41. The average molecular weight is 304 g/mol. The lowest BCUT2D eigenvalue weighted by atomic mass is 9.89. The molecule has 0 unspecified atom stereocenters. The summed E-state index contributed by atoms with van der Waals surface area (Å²) in [5.74, 6) is -0.743. The minimum absolute atomic E-state index is 0.177. The second-order valence-corrected chi connectivity index (χ2v) is 5.73. The van der Waals surface area contributed by atoms with E-state index in [4.69, 9.17) is 16.7 Å². The summed E-state index contributed by atoms with van der Waals surface area (Å²) in [4.78, 5) is 10.9. The Balaban J connectivity index is 2.44. The lowest BCUT2D eigenvalue weighted by molar-refractivity contribution is -0.137. The molecule has 4 heteroatoms. The van der Waals surface area contributed by atoms with E-state index in [0.717, 1.165) is 28.4 Å². The van der Waals surface area contributed by atoms with Crippen LogP contribution in [0.1, 0.15) is 30.4 Å². The van der Waals surface area contributed by atoms with Crippen molar-refractivity contribution in [3.05, 3.63) is 32.8 Å². The number of carbonyl (C=O) groups is 1. The molecule has 86 valence electrons. The fourth-order valence-corrected chi connectivity index (χ4v) is 2.99. The molecule has 16 heavy (non-hydrogen) atoms. The van der Waals surface area contributed by atoms with E-state index < -0.39 is 5.97 Å². The van der Waals surface area contributed by atoms with Crippen LogP contribution in [0.25, 0.3) is 0 Å². The Morgan fingerprint density at radius 3 is 2.69 bits per heavy atom. The van der Waals surface area contributed by atoms with Crippen molar-refractivity contribution in [2.75, 3.05) is 0 Å². The summed E-state index contributed by atoms with van der Waals surface area (Å²) in [6, 6.07) is 3.84. The van der Waals surface area contributed by atoms with Crippen molar-refractivity contribution in [2.24, 2.45) is 0 Å². The molecule has 1 aromatic rings. The molecule has 0 bridgehead atoms. The first kappa shape index (κ1) is 11.9. The predicted octanol–water partition coefficient (Wildman–Crippen LogP) is 3.92. The van der Waals surface area contributed by atoms with E-state index in [-0.39, 0.29) is 11.8 Å². The molecule has 0 heterocycles. The summed E-state index contributed by atoms with van der Waals surface area (Å²) in [5.41, 5.74) is 1.90. The highest BCUT2D eigenvalue weighted by Gasteiger charge is 2.47. The van der Waals surface area contributed by atoms with Crippen LogP contribution >= 0.6 is 27.5 Å². The molecular weight excluding hydrogens is 291 g/mol. The number of hydrogen-bond acceptors (Lipinski definition) is 1. The maximum Gasteiger partial charge on any atom is 0.304 e. The van der Waals surface area contributed by atoms with Crippen molar-refractivity contribution in [1.29, 1.82) is 0 Å². The van der Waals surface area contributed by atoms with E-state index in [1.807, 2.05) is 19.1 Å². The summed E-state index contributed by atoms with van der Waals surface area (Å²) >= 11 is 9.51. The predicted molar refractivity (Wildman–Crippen MR) is 67.1 cm³/mol. The van der Waals surface area contributed by atoms with Gasteiger partial charge in [-0.3, -0.25) is 4.79 Å². The number of carboxylic acids is 1. The normalized spacial score (nSPS) is 17.2. The van der Waals surface area contributed by atoms with Crippen LogP contribution < -0.4 is 0 Å². The number of hydrogen-bond donors (Lipinski definition) is 1. The molecule has 2 nitrogen and oxygen atoms in total. The Labute approximate surface area is 108 Å². The van der Waals surface area contributed by atoms with Crippen LogP contribution in [0, 0.1) is 6.92 Å². The van der Waals surface area contributed by atoms with Gasteiger partial charge in [-0.1, -0.05) is 27.5 Å². The van der Waals surface area contributed by atoms with Crippen molar-refractivity contribution in [3.8, 4) is 0 Å². The first-order valence-corrected chi connectivity index (χ1v) is 6.30. The Bertz CT molecular complexity index is 453. The van der Waals surface area contributed by atoms with Gasteiger partial charge in [-0.15, -0.1) is 0 Å². The molecule has 0 aliphatic heterocycles. The number of benzene rings is 1. The van der Waals surface area contributed by atoms with Gasteiger partial charge in [0.15, 0.2) is 0 Å². The standard InChI is InChI=1S/C12H12BrClO2/c1-7-9(4-8(13)5-10(7)14)12(2-3-12)6-11(15)16/h4-5H,2-3,6H2,1H3,(H,15,16). The summed E-state index contributed by atoms with van der Waals surface area (Å²) in [6.07, 6.45) is 2.07. The quantitative estimate of drug-likeness (QED) is 0.919. The Hall–Kier alpha value is -0.540. The van der Waals surface area contributed by atoms with Crippen LogP contribution in [-0.2, 0) is 10.2 Å². The largest absolute Gasteiger partial charge is 0.481 e. The van der Waals surface area contributed by atoms with Crippen LogP contribution in [0.4, 0.5) is 0 Å². The van der Waals surface area contributed by atoms with E-state index >= 15 is 0 Å². The van der Waals surface area contributed by atoms with Crippen molar-refractivity contribution in [2.45, 2.75) is 31.6 Å². The highest BCUT2D eigenvalue weighted by atomic mass is 79.9. The zero-order chi connectivity index (χ0) is 11.9. The van der Waals surface area contributed by atoms with Crippen molar-refractivity contribution < 1.29 is 9.90 Å². The topological polar surface area (TPSA) is 37.3 Å². The van der Waals surface area contributed by atoms with Crippen LogP contribution in [0.5, 0.6) is 0 Å². The van der Waals surface area contributed by atoms with Gasteiger partial charge in [0.05, 0.1) is 6.42 Å². The molecule has 1 saturated carbocycles. The maximum atomic E-state index is 10.9. The van der Waals surface area contributed by atoms with Crippen molar-refractivity contribution in [1.82, 2.24) is 0 Å². The van der Waals surface area contributed by atoms with Gasteiger partial charge >= 0.3 is 5.97 Å². The SMILES string of the molecule is Cc1c(Cl)cc(Br)cc1C1(CC(=O)O)CC1. The van der Waals surface area contributed by atoms with Crippen LogP contribution in [0.3, 0.4) is 0 Å². The minimum Gasteiger partial charge on any atom is -0.481 e. The van der Waals surface area contributed by atoms with Gasteiger partial charge in [0, 0.05) is 14.9 Å². The number of rotatable bonds is 3. The summed E-state index contributed by atoms with van der Waals surface area (Å²) in [5, 5.41) is 9.63. The second kappa shape index (κ2) is 4.04.